The number of carboxylic acid groups (broad SMARTS) is 1. The molecule has 0 aliphatic rings. The summed E-state index contributed by atoms with van der Waals surface area (Å²) in [5.41, 5.74) is 4.66. The van der Waals surface area contributed by atoms with Gasteiger partial charge in [0.1, 0.15) is 0 Å². The third kappa shape index (κ3) is 1.62. The lowest BCUT2D eigenvalue weighted by molar-refractivity contribution is 0.0696. The lowest BCUT2D eigenvalue weighted by Gasteiger charge is -2.08. The number of nitrogens with zero attached hydrogens (tertiary/aromatic N) is 1. The van der Waals surface area contributed by atoms with Gasteiger partial charge >= 0.3 is 5.97 Å². The van der Waals surface area contributed by atoms with Gasteiger partial charge in [-0.2, -0.15) is 0 Å². The van der Waals surface area contributed by atoms with E-state index in [0.717, 1.165) is 28.5 Å². The van der Waals surface area contributed by atoms with Crippen molar-refractivity contribution in [1.82, 2.24) is 4.57 Å². The van der Waals surface area contributed by atoms with E-state index in [1.807, 2.05) is 20.9 Å². The molecule has 1 heterocycles. The molecule has 0 aliphatic heterocycles. The third-order valence-electron chi connectivity index (χ3n) is 3.38. The average molecular weight is 231 g/mol. The Morgan fingerprint density at radius 2 is 2.06 bits per heavy atom. The molecule has 1 N–H and O–H groups in total. The first-order chi connectivity index (χ1) is 7.97. The molecule has 2 aromatic rings. The van der Waals surface area contributed by atoms with E-state index in [1.54, 1.807) is 6.07 Å². The van der Waals surface area contributed by atoms with Crippen LogP contribution >= 0.6 is 0 Å². The Hall–Kier alpha value is -1.77. The normalized spacial score (nSPS) is 11.1. The Labute approximate surface area is 101 Å². The molecule has 0 atom stereocenters. The van der Waals surface area contributed by atoms with Crippen LogP contribution in [-0.4, -0.2) is 15.6 Å². The fourth-order valence-corrected chi connectivity index (χ4v) is 2.60. The van der Waals surface area contributed by atoms with Crippen molar-refractivity contribution in [3.63, 3.8) is 0 Å². The zero-order chi connectivity index (χ0) is 12.7. The van der Waals surface area contributed by atoms with E-state index in [1.165, 1.54) is 5.56 Å². The Bertz CT molecular complexity index is 608. The van der Waals surface area contributed by atoms with Crippen LogP contribution in [0.4, 0.5) is 0 Å². The average Bonchev–Trinajstić information content (AvgIpc) is 2.61. The zero-order valence-corrected chi connectivity index (χ0v) is 10.7. The molecule has 2 rings (SSSR count). The number of rotatable bonds is 2. The van der Waals surface area contributed by atoms with Gasteiger partial charge in [-0.15, -0.1) is 0 Å². The third-order valence-corrected chi connectivity index (χ3v) is 3.38. The molecule has 1 aromatic carbocycles. The minimum atomic E-state index is -0.849. The highest BCUT2D eigenvalue weighted by Gasteiger charge is 2.16. The smallest absolute Gasteiger partial charge is 0.335 e. The molecule has 0 fully saturated rings. The number of hydrogen-bond donors (Lipinski definition) is 1. The van der Waals surface area contributed by atoms with Crippen LogP contribution in [0.1, 0.15) is 34.0 Å². The van der Waals surface area contributed by atoms with Gasteiger partial charge in [-0.25, -0.2) is 4.79 Å². The van der Waals surface area contributed by atoms with E-state index < -0.39 is 5.97 Å². The summed E-state index contributed by atoms with van der Waals surface area (Å²) in [5.74, 6) is -0.849. The van der Waals surface area contributed by atoms with E-state index in [0.29, 0.717) is 5.56 Å². The number of aromatic carboxylic acids is 1. The van der Waals surface area contributed by atoms with Crippen LogP contribution in [0.15, 0.2) is 12.3 Å². The van der Waals surface area contributed by atoms with Gasteiger partial charge in [-0.3, -0.25) is 0 Å². The maximum atomic E-state index is 11.2. The van der Waals surface area contributed by atoms with Crippen LogP contribution in [0.5, 0.6) is 0 Å². The quantitative estimate of drug-likeness (QED) is 0.863. The molecule has 1 aromatic heterocycles. The first kappa shape index (κ1) is 11.7. The molecule has 0 saturated carbocycles. The van der Waals surface area contributed by atoms with Crippen LogP contribution in [0.2, 0.25) is 0 Å². The van der Waals surface area contributed by atoms with Gasteiger partial charge in [0, 0.05) is 18.6 Å². The minimum absolute atomic E-state index is 0.413. The van der Waals surface area contributed by atoms with Gasteiger partial charge in [0.2, 0.25) is 0 Å². The second kappa shape index (κ2) is 3.91. The van der Waals surface area contributed by atoms with Crippen molar-refractivity contribution in [2.45, 2.75) is 27.2 Å². The highest BCUT2D eigenvalue weighted by Crippen LogP contribution is 2.30. The number of aryl methyl sites for hydroxylation is 4. The maximum absolute atomic E-state index is 11.2. The Balaban J connectivity index is 2.96. The van der Waals surface area contributed by atoms with E-state index in [-0.39, 0.29) is 0 Å². The number of hydrogen-bond acceptors (Lipinski definition) is 1. The Kier molecular flexibility index (Phi) is 2.69. The number of fused-ring (bicyclic) bond motifs is 1. The summed E-state index contributed by atoms with van der Waals surface area (Å²) in [4.78, 5) is 11.2. The summed E-state index contributed by atoms with van der Waals surface area (Å²) in [7, 11) is 2.01. The van der Waals surface area contributed by atoms with Crippen molar-refractivity contribution in [2.75, 3.05) is 0 Å². The number of aromatic nitrogens is 1. The van der Waals surface area contributed by atoms with Gasteiger partial charge in [-0.05, 0) is 43.0 Å². The van der Waals surface area contributed by atoms with E-state index in [2.05, 4.69) is 17.7 Å². The second-order valence-electron chi connectivity index (χ2n) is 4.51. The SMILES string of the molecule is CCc1cn(C)c2c(C)cc(C(=O)O)c(C)c12. The molecular weight excluding hydrogens is 214 g/mol. The lowest BCUT2D eigenvalue weighted by atomic mass is 9.97. The van der Waals surface area contributed by atoms with Crippen molar-refractivity contribution in [2.24, 2.45) is 7.05 Å². The predicted molar refractivity (Wildman–Crippen MR) is 68.7 cm³/mol. The largest absolute Gasteiger partial charge is 0.478 e. The lowest BCUT2D eigenvalue weighted by Crippen LogP contribution is -2.02. The standard InChI is InChI=1S/C14H17NO2/c1-5-10-7-15(4)13-8(2)6-11(14(16)17)9(3)12(10)13/h6-7H,5H2,1-4H3,(H,16,17). The molecular formula is C14H17NO2. The van der Waals surface area contributed by atoms with Crippen LogP contribution in [0.25, 0.3) is 10.9 Å². The van der Waals surface area contributed by atoms with Crippen LogP contribution in [0.3, 0.4) is 0 Å². The van der Waals surface area contributed by atoms with Crippen LogP contribution < -0.4 is 0 Å². The number of carbonyl (C=O) groups is 1. The number of carboxylic acids is 1. The summed E-state index contributed by atoms with van der Waals surface area (Å²) in [6.45, 7) is 5.95. The first-order valence-electron chi connectivity index (χ1n) is 5.78. The molecule has 17 heavy (non-hydrogen) atoms. The van der Waals surface area contributed by atoms with E-state index in [9.17, 15) is 9.90 Å². The summed E-state index contributed by atoms with van der Waals surface area (Å²) in [6.07, 6.45) is 3.01. The van der Waals surface area contributed by atoms with Crippen molar-refractivity contribution in [3.05, 3.63) is 34.5 Å². The zero-order valence-electron chi connectivity index (χ0n) is 10.7. The fourth-order valence-electron chi connectivity index (χ4n) is 2.60. The molecule has 0 saturated heterocycles. The second-order valence-corrected chi connectivity index (χ2v) is 4.51. The van der Waals surface area contributed by atoms with Gasteiger partial charge in [-0.1, -0.05) is 6.92 Å². The molecule has 3 nitrogen and oxygen atoms in total. The Morgan fingerprint density at radius 3 is 2.59 bits per heavy atom. The molecule has 0 spiro atoms. The van der Waals surface area contributed by atoms with Gasteiger partial charge in [0.25, 0.3) is 0 Å². The van der Waals surface area contributed by atoms with Crippen LogP contribution in [0, 0.1) is 13.8 Å². The first-order valence-corrected chi connectivity index (χ1v) is 5.78. The summed E-state index contributed by atoms with van der Waals surface area (Å²) < 4.78 is 2.09. The monoisotopic (exact) mass is 231 g/mol. The van der Waals surface area contributed by atoms with Crippen molar-refractivity contribution in [3.8, 4) is 0 Å². The summed E-state index contributed by atoms with van der Waals surface area (Å²) in [5, 5.41) is 10.3. The highest BCUT2D eigenvalue weighted by molar-refractivity contribution is 5.99. The van der Waals surface area contributed by atoms with Gasteiger partial charge in [0.15, 0.2) is 0 Å². The van der Waals surface area contributed by atoms with Gasteiger partial charge < -0.3 is 9.67 Å². The fraction of sp³-hybridized carbons (Fsp3) is 0.357. The molecule has 0 amide bonds. The van der Waals surface area contributed by atoms with E-state index >= 15 is 0 Å². The Morgan fingerprint density at radius 1 is 1.41 bits per heavy atom. The van der Waals surface area contributed by atoms with Crippen molar-refractivity contribution < 1.29 is 9.90 Å². The van der Waals surface area contributed by atoms with Gasteiger partial charge in [0.05, 0.1) is 11.1 Å². The van der Waals surface area contributed by atoms with Crippen molar-refractivity contribution in [1.29, 1.82) is 0 Å². The van der Waals surface area contributed by atoms with Crippen LogP contribution in [-0.2, 0) is 13.5 Å². The highest BCUT2D eigenvalue weighted by atomic mass is 16.4. The van der Waals surface area contributed by atoms with Crippen molar-refractivity contribution >= 4 is 16.9 Å². The maximum Gasteiger partial charge on any atom is 0.335 e. The molecule has 90 valence electrons. The summed E-state index contributed by atoms with van der Waals surface area (Å²) >= 11 is 0. The number of benzene rings is 1. The molecule has 3 heteroatoms. The topological polar surface area (TPSA) is 42.2 Å². The summed E-state index contributed by atoms with van der Waals surface area (Å²) in [6, 6.07) is 1.76. The minimum Gasteiger partial charge on any atom is -0.478 e. The molecule has 0 bridgehead atoms. The predicted octanol–water partition coefficient (Wildman–Crippen LogP) is 3.06. The molecule has 0 radical (unpaired) electrons. The van der Waals surface area contributed by atoms with E-state index in [4.69, 9.17) is 0 Å². The molecule has 0 unspecified atom stereocenters. The molecule has 0 aliphatic carbocycles.